The normalized spacial score (nSPS) is 11.7. The number of aliphatic hydroxyl groups is 1. The highest BCUT2D eigenvalue weighted by molar-refractivity contribution is 7.99. The van der Waals surface area contributed by atoms with Crippen LogP contribution in [0.3, 0.4) is 0 Å². The van der Waals surface area contributed by atoms with Gasteiger partial charge in [0.2, 0.25) is 0 Å². The molecule has 3 N–H and O–H groups in total. The van der Waals surface area contributed by atoms with Crippen molar-refractivity contribution in [2.75, 3.05) is 18.1 Å². The molecule has 0 amide bonds. The van der Waals surface area contributed by atoms with Crippen molar-refractivity contribution < 1.29 is 9.90 Å². The molecule has 0 bridgehead atoms. The Morgan fingerprint density at radius 3 is 2.50 bits per heavy atom. The van der Waals surface area contributed by atoms with E-state index in [9.17, 15) is 4.79 Å². The first-order chi connectivity index (χ1) is 5.48. The molecule has 0 fully saturated rings. The standard InChI is InChI=1S/C8H17NO2S/c1-8(2,9)7(11)3-5-12-6-4-10/h10H,3-6,9H2,1-2H3. The van der Waals surface area contributed by atoms with Crippen molar-refractivity contribution in [2.24, 2.45) is 5.73 Å². The quantitative estimate of drug-likeness (QED) is 0.597. The summed E-state index contributed by atoms with van der Waals surface area (Å²) in [4.78, 5) is 11.2. The van der Waals surface area contributed by atoms with Gasteiger partial charge in [-0.3, -0.25) is 4.79 Å². The molecule has 0 aromatic carbocycles. The average molecular weight is 191 g/mol. The van der Waals surface area contributed by atoms with Gasteiger partial charge in [0.25, 0.3) is 0 Å². The number of thioether (sulfide) groups is 1. The Balaban J connectivity index is 3.45. The van der Waals surface area contributed by atoms with Gasteiger partial charge in [0, 0.05) is 17.9 Å². The minimum absolute atomic E-state index is 0.0768. The van der Waals surface area contributed by atoms with E-state index in [1.165, 1.54) is 0 Å². The molecule has 72 valence electrons. The van der Waals surface area contributed by atoms with Gasteiger partial charge >= 0.3 is 0 Å². The molecule has 0 aromatic heterocycles. The summed E-state index contributed by atoms with van der Waals surface area (Å²) in [5.74, 6) is 1.52. The molecule has 4 heteroatoms. The number of hydrogen-bond donors (Lipinski definition) is 2. The summed E-state index contributed by atoms with van der Waals surface area (Å²) in [6.45, 7) is 3.60. The molecular formula is C8H17NO2S. The van der Waals surface area contributed by atoms with Gasteiger partial charge in [-0.15, -0.1) is 0 Å². The average Bonchev–Trinajstić information content (AvgIpc) is 1.96. The van der Waals surface area contributed by atoms with Crippen LogP contribution in [0.2, 0.25) is 0 Å². The Labute approximate surface area is 77.7 Å². The smallest absolute Gasteiger partial charge is 0.152 e. The minimum atomic E-state index is -0.709. The highest BCUT2D eigenvalue weighted by Crippen LogP contribution is 2.07. The fourth-order valence-electron chi connectivity index (χ4n) is 0.654. The molecule has 0 aromatic rings. The molecule has 0 heterocycles. The molecule has 0 atom stereocenters. The van der Waals surface area contributed by atoms with Gasteiger partial charge in [-0.05, 0) is 13.8 Å². The van der Waals surface area contributed by atoms with Crippen LogP contribution in [0.25, 0.3) is 0 Å². The van der Waals surface area contributed by atoms with Crippen LogP contribution in [-0.4, -0.2) is 34.5 Å². The van der Waals surface area contributed by atoms with Gasteiger partial charge in [0.1, 0.15) is 0 Å². The number of carbonyl (C=O) groups is 1. The second-order valence-electron chi connectivity index (χ2n) is 3.23. The lowest BCUT2D eigenvalue weighted by Gasteiger charge is -2.15. The predicted octanol–water partition coefficient (Wildman–Crippen LogP) is 0.408. The molecule has 0 rings (SSSR count). The van der Waals surface area contributed by atoms with Crippen molar-refractivity contribution >= 4 is 17.5 Å². The fourth-order valence-corrected chi connectivity index (χ4v) is 1.32. The second-order valence-corrected chi connectivity index (χ2v) is 4.46. The topological polar surface area (TPSA) is 63.3 Å². The van der Waals surface area contributed by atoms with Gasteiger partial charge in [-0.25, -0.2) is 0 Å². The first-order valence-corrected chi connectivity index (χ1v) is 5.14. The number of rotatable bonds is 6. The SMILES string of the molecule is CC(C)(N)C(=O)CCSCCO. The second kappa shape index (κ2) is 5.56. The molecule has 0 aliphatic carbocycles. The Bertz CT molecular complexity index is 142. The van der Waals surface area contributed by atoms with Crippen LogP contribution < -0.4 is 5.73 Å². The number of nitrogens with two attached hydrogens (primary N) is 1. The van der Waals surface area contributed by atoms with Crippen molar-refractivity contribution in [2.45, 2.75) is 25.8 Å². The maximum atomic E-state index is 11.2. The predicted molar refractivity (Wildman–Crippen MR) is 52.3 cm³/mol. The van der Waals surface area contributed by atoms with Gasteiger partial charge in [0.15, 0.2) is 5.78 Å². The molecule has 0 spiro atoms. The van der Waals surface area contributed by atoms with Crippen molar-refractivity contribution in [1.82, 2.24) is 0 Å². The number of aliphatic hydroxyl groups excluding tert-OH is 1. The summed E-state index contributed by atoms with van der Waals surface area (Å²) in [6.07, 6.45) is 0.494. The minimum Gasteiger partial charge on any atom is -0.396 e. The van der Waals surface area contributed by atoms with Crippen LogP contribution in [0.1, 0.15) is 20.3 Å². The monoisotopic (exact) mass is 191 g/mol. The molecule has 0 radical (unpaired) electrons. The molecule has 0 saturated carbocycles. The van der Waals surface area contributed by atoms with E-state index in [4.69, 9.17) is 10.8 Å². The van der Waals surface area contributed by atoms with Crippen molar-refractivity contribution in [3.63, 3.8) is 0 Å². The Hall–Kier alpha value is -0.0600. The molecule has 12 heavy (non-hydrogen) atoms. The van der Waals surface area contributed by atoms with E-state index in [1.807, 2.05) is 0 Å². The van der Waals surface area contributed by atoms with Crippen LogP contribution in [0, 0.1) is 0 Å². The number of carbonyl (C=O) groups excluding carboxylic acids is 1. The van der Waals surface area contributed by atoms with E-state index in [-0.39, 0.29) is 12.4 Å². The zero-order chi connectivity index (χ0) is 9.61. The van der Waals surface area contributed by atoms with E-state index in [1.54, 1.807) is 25.6 Å². The summed E-state index contributed by atoms with van der Waals surface area (Å²) in [6, 6.07) is 0. The van der Waals surface area contributed by atoms with Crippen LogP contribution in [0.4, 0.5) is 0 Å². The van der Waals surface area contributed by atoms with Crippen molar-refractivity contribution in [1.29, 1.82) is 0 Å². The summed E-state index contributed by atoms with van der Waals surface area (Å²) < 4.78 is 0. The van der Waals surface area contributed by atoms with Gasteiger partial charge in [-0.2, -0.15) is 11.8 Å². The molecule has 3 nitrogen and oxygen atoms in total. The summed E-state index contributed by atoms with van der Waals surface area (Å²) >= 11 is 1.57. The third-order valence-corrected chi connectivity index (χ3v) is 2.39. The first-order valence-electron chi connectivity index (χ1n) is 3.99. The Kier molecular flexibility index (Phi) is 5.53. The lowest BCUT2D eigenvalue weighted by atomic mass is 9.99. The first kappa shape index (κ1) is 11.9. The van der Waals surface area contributed by atoms with Gasteiger partial charge in [-0.1, -0.05) is 0 Å². The zero-order valence-electron chi connectivity index (χ0n) is 7.67. The van der Waals surface area contributed by atoms with E-state index >= 15 is 0 Å². The number of hydrogen-bond acceptors (Lipinski definition) is 4. The molecule has 0 saturated heterocycles. The van der Waals surface area contributed by atoms with Crippen molar-refractivity contribution in [3.8, 4) is 0 Å². The summed E-state index contributed by atoms with van der Waals surface area (Å²) in [7, 11) is 0. The van der Waals surface area contributed by atoms with Crippen LogP contribution in [0.15, 0.2) is 0 Å². The van der Waals surface area contributed by atoms with Crippen LogP contribution in [0.5, 0.6) is 0 Å². The highest BCUT2D eigenvalue weighted by atomic mass is 32.2. The summed E-state index contributed by atoms with van der Waals surface area (Å²) in [5, 5.41) is 8.46. The van der Waals surface area contributed by atoms with Crippen LogP contribution >= 0.6 is 11.8 Å². The van der Waals surface area contributed by atoms with E-state index in [2.05, 4.69) is 0 Å². The maximum absolute atomic E-state index is 11.2. The number of Topliss-reactive ketones (excluding diaryl/α,β-unsaturated/α-hetero) is 1. The highest BCUT2D eigenvalue weighted by Gasteiger charge is 2.20. The number of ketones is 1. The van der Waals surface area contributed by atoms with Crippen LogP contribution in [-0.2, 0) is 4.79 Å². The lowest BCUT2D eigenvalue weighted by Crippen LogP contribution is -2.41. The third-order valence-electron chi connectivity index (χ3n) is 1.43. The zero-order valence-corrected chi connectivity index (χ0v) is 8.49. The van der Waals surface area contributed by atoms with E-state index in [0.717, 1.165) is 5.75 Å². The fraction of sp³-hybridized carbons (Fsp3) is 0.875. The maximum Gasteiger partial charge on any atom is 0.152 e. The summed E-state index contributed by atoms with van der Waals surface area (Å²) in [5.41, 5.74) is 4.88. The lowest BCUT2D eigenvalue weighted by molar-refractivity contribution is -0.122. The van der Waals surface area contributed by atoms with E-state index in [0.29, 0.717) is 12.2 Å². The molecule has 0 unspecified atom stereocenters. The Morgan fingerprint density at radius 1 is 1.50 bits per heavy atom. The molecular weight excluding hydrogens is 174 g/mol. The third kappa shape index (κ3) is 5.57. The Morgan fingerprint density at radius 2 is 2.08 bits per heavy atom. The molecule has 0 aliphatic rings. The largest absolute Gasteiger partial charge is 0.396 e. The van der Waals surface area contributed by atoms with E-state index < -0.39 is 5.54 Å². The van der Waals surface area contributed by atoms with Crippen molar-refractivity contribution in [3.05, 3.63) is 0 Å². The van der Waals surface area contributed by atoms with Gasteiger partial charge in [0.05, 0.1) is 12.1 Å². The molecule has 0 aliphatic heterocycles. The van der Waals surface area contributed by atoms with Gasteiger partial charge < -0.3 is 10.8 Å².